The van der Waals surface area contributed by atoms with E-state index in [1.165, 1.54) is 5.56 Å². The minimum Gasteiger partial charge on any atom is -0.487 e. The van der Waals surface area contributed by atoms with Crippen LogP contribution >= 0.6 is 0 Å². The molecule has 110 valence electrons. The molecule has 4 nitrogen and oxygen atoms in total. The van der Waals surface area contributed by atoms with Crippen LogP contribution in [-0.4, -0.2) is 11.5 Å². The molecule has 0 aromatic heterocycles. The lowest BCUT2D eigenvalue weighted by Crippen LogP contribution is -2.34. The summed E-state index contributed by atoms with van der Waals surface area (Å²) in [5.41, 5.74) is 13.1. The second-order valence-corrected chi connectivity index (χ2v) is 6.96. The summed E-state index contributed by atoms with van der Waals surface area (Å²) in [5.74, 6) is 0.610. The van der Waals surface area contributed by atoms with Crippen LogP contribution in [0.4, 0.5) is 0 Å². The fourth-order valence-electron chi connectivity index (χ4n) is 2.63. The van der Waals surface area contributed by atoms with E-state index in [0.717, 1.165) is 17.7 Å². The molecule has 4 heteroatoms. The molecule has 1 aromatic carbocycles. The lowest BCUT2D eigenvalue weighted by Gasteiger charge is -2.24. The number of hydrogen-bond donors (Lipinski definition) is 2. The first-order chi connectivity index (χ1) is 9.11. The largest absolute Gasteiger partial charge is 0.487 e. The zero-order valence-electron chi connectivity index (χ0n) is 12.7. The van der Waals surface area contributed by atoms with Crippen molar-refractivity contribution < 1.29 is 9.53 Å². The number of ether oxygens (including phenoxy) is 1. The van der Waals surface area contributed by atoms with Gasteiger partial charge in [-0.3, -0.25) is 4.79 Å². The van der Waals surface area contributed by atoms with Gasteiger partial charge >= 0.3 is 0 Å². The van der Waals surface area contributed by atoms with Gasteiger partial charge in [0, 0.05) is 17.9 Å². The Morgan fingerprint density at radius 2 is 2.10 bits per heavy atom. The van der Waals surface area contributed by atoms with Gasteiger partial charge < -0.3 is 16.2 Å². The van der Waals surface area contributed by atoms with Crippen LogP contribution in [0.25, 0.3) is 0 Å². The van der Waals surface area contributed by atoms with Crippen LogP contribution in [0.3, 0.4) is 0 Å². The highest BCUT2D eigenvalue weighted by atomic mass is 16.5. The van der Waals surface area contributed by atoms with Gasteiger partial charge in [-0.05, 0) is 37.5 Å². The Balaban J connectivity index is 2.18. The van der Waals surface area contributed by atoms with Crippen LogP contribution in [0.15, 0.2) is 18.2 Å². The van der Waals surface area contributed by atoms with Gasteiger partial charge in [0.25, 0.3) is 0 Å². The summed E-state index contributed by atoms with van der Waals surface area (Å²) < 4.78 is 5.85. The minimum atomic E-state index is -0.603. The molecule has 2 rings (SSSR count). The van der Waals surface area contributed by atoms with Gasteiger partial charge in [0.15, 0.2) is 0 Å². The maximum atomic E-state index is 11.4. The highest BCUT2D eigenvalue weighted by molar-refractivity contribution is 5.79. The van der Waals surface area contributed by atoms with Gasteiger partial charge in [0.05, 0.1) is 0 Å². The Morgan fingerprint density at radius 3 is 2.70 bits per heavy atom. The Kier molecular flexibility index (Phi) is 3.54. The van der Waals surface area contributed by atoms with E-state index < -0.39 is 5.41 Å². The summed E-state index contributed by atoms with van der Waals surface area (Å²) in [6.07, 6.45) is 1.41. The number of amides is 1. The smallest absolute Gasteiger partial charge is 0.223 e. The number of fused-ring (bicyclic) bond motifs is 1. The third-order valence-electron chi connectivity index (χ3n) is 3.91. The highest BCUT2D eigenvalue weighted by Gasteiger charge is 2.32. The molecule has 0 spiro atoms. The van der Waals surface area contributed by atoms with Crippen molar-refractivity contribution in [1.82, 2.24) is 0 Å². The van der Waals surface area contributed by atoms with Crippen molar-refractivity contribution in [3.8, 4) is 5.75 Å². The van der Waals surface area contributed by atoms with Crippen molar-refractivity contribution in [2.45, 2.75) is 52.2 Å². The van der Waals surface area contributed by atoms with Gasteiger partial charge in [-0.1, -0.05) is 26.0 Å². The molecule has 1 amide bonds. The molecule has 1 aromatic rings. The normalized spacial score (nSPS) is 18.2. The molecule has 1 aliphatic rings. The van der Waals surface area contributed by atoms with E-state index in [-0.39, 0.29) is 17.6 Å². The van der Waals surface area contributed by atoms with Gasteiger partial charge in [0.1, 0.15) is 11.4 Å². The first kappa shape index (κ1) is 14.9. The van der Waals surface area contributed by atoms with Crippen LogP contribution in [0.2, 0.25) is 0 Å². The summed E-state index contributed by atoms with van der Waals surface area (Å²) in [6.45, 7) is 7.80. The standard InChI is InChI=1S/C16H24N2O2/c1-15(2,14(18)19)9-12(17)10-5-6-13-11(7-10)8-16(3,4)20-13/h5-7,12H,8-9,17H2,1-4H3,(H2,18,19). The second-order valence-electron chi connectivity index (χ2n) is 6.96. The van der Waals surface area contributed by atoms with E-state index in [4.69, 9.17) is 16.2 Å². The van der Waals surface area contributed by atoms with Crippen LogP contribution in [0, 0.1) is 5.41 Å². The van der Waals surface area contributed by atoms with Crippen molar-refractivity contribution in [3.05, 3.63) is 29.3 Å². The summed E-state index contributed by atoms with van der Waals surface area (Å²) in [7, 11) is 0. The lowest BCUT2D eigenvalue weighted by atomic mass is 9.83. The van der Waals surface area contributed by atoms with Crippen LogP contribution < -0.4 is 16.2 Å². The maximum Gasteiger partial charge on any atom is 0.223 e. The van der Waals surface area contributed by atoms with Crippen LogP contribution in [-0.2, 0) is 11.2 Å². The molecule has 0 fully saturated rings. The van der Waals surface area contributed by atoms with Gasteiger partial charge in [-0.25, -0.2) is 0 Å². The van der Waals surface area contributed by atoms with Gasteiger partial charge in [0.2, 0.25) is 5.91 Å². The third kappa shape index (κ3) is 2.96. The van der Waals surface area contributed by atoms with Gasteiger partial charge in [-0.2, -0.15) is 0 Å². The average Bonchev–Trinajstić information content (AvgIpc) is 2.60. The summed E-state index contributed by atoms with van der Waals surface area (Å²) in [5, 5.41) is 0. The molecule has 0 radical (unpaired) electrons. The number of nitrogens with two attached hydrogens (primary N) is 2. The number of primary amides is 1. The van der Waals surface area contributed by atoms with E-state index in [2.05, 4.69) is 19.9 Å². The second kappa shape index (κ2) is 4.77. The fraction of sp³-hybridized carbons (Fsp3) is 0.562. The summed E-state index contributed by atoms with van der Waals surface area (Å²) in [6, 6.07) is 5.83. The number of benzene rings is 1. The Labute approximate surface area is 120 Å². The maximum absolute atomic E-state index is 11.4. The predicted molar refractivity (Wildman–Crippen MR) is 79.4 cm³/mol. The van der Waals surface area contributed by atoms with Crippen LogP contribution in [0.5, 0.6) is 5.75 Å². The average molecular weight is 276 g/mol. The van der Waals surface area contributed by atoms with E-state index in [0.29, 0.717) is 6.42 Å². The zero-order chi connectivity index (χ0) is 15.1. The summed E-state index contributed by atoms with van der Waals surface area (Å²) >= 11 is 0. The summed E-state index contributed by atoms with van der Waals surface area (Å²) in [4.78, 5) is 11.4. The van der Waals surface area contributed by atoms with Gasteiger partial charge in [-0.15, -0.1) is 0 Å². The topological polar surface area (TPSA) is 78.3 Å². The van der Waals surface area contributed by atoms with E-state index in [9.17, 15) is 4.79 Å². The molecule has 1 unspecified atom stereocenters. The Hall–Kier alpha value is -1.55. The Morgan fingerprint density at radius 1 is 1.45 bits per heavy atom. The molecule has 1 atom stereocenters. The zero-order valence-corrected chi connectivity index (χ0v) is 12.7. The molecule has 4 N–H and O–H groups in total. The van der Waals surface area contributed by atoms with Crippen LogP contribution in [0.1, 0.15) is 51.3 Å². The van der Waals surface area contributed by atoms with E-state index in [1.807, 2.05) is 26.0 Å². The van der Waals surface area contributed by atoms with Crippen molar-refractivity contribution >= 4 is 5.91 Å². The number of carbonyl (C=O) groups excluding carboxylic acids is 1. The fourth-order valence-corrected chi connectivity index (χ4v) is 2.63. The molecule has 0 saturated carbocycles. The molecule has 0 bridgehead atoms. The molecule has 1 aliphatic heterocycles. The molecular formula is C16H24N2O2. The highest BCUT2D eigenvalue weighted by Crippen LogP contribution is 2.37. The molecular weight excluding hydrogens is 252 g/mol. The SMILES string of the molecule is CC1(C)Cc2cc(C(N)CC(C)(C)C(N)=O)ccc2O1. The number of hydrogen-bond acceptors (Lipinski definition) is 3. The molecule has 1 heterocycles. The molecule has 0 saturated heterocycles. The van der Waals surface area contributed by atoms with E-state index in [1.54, 1.807) is 0 Å². The molecule has 20 heavy (non-hydrogen) atoms. The van der Waals surface area contributed by atoms with Crippen molar-refractivity contribution in [2.24, 2.45) is 16.9 Å². The monoisotopic (exact) mass is 276 g/mol. The lowest BCUT2D eigenvalue weighted by molar-refractivity contribution is -0.126. The first-order valence-corrected chi connectivity index (χ1v) is 6.98. The number of rotatable bonds is 4. The minimum absolute atomic E-state index is 0.155. The quantitative estimate of drug-likeness (QED) is 0.885. The van der Waals surface area contributed by atoms with Crippen molar-refractivity contribution in [1.29, 1.82) is 0 Å². The first-order valence-electron chi connectivity index (χ1n) is 6.98. The molecule has 0 aliphatic carbocycles. The number of carbonyl (C=O) groups is 1. The van der Waals surface area contributed by atoms with Crippen molar-refractivity contribution in [2.75, 3.05) is 0 Å². The predicted octanol–water partition coefficient (Wildman–Crippen LogP) is 2.30. The third-order valence-corrected chi connectivity index (χ3v) is 3.91. The Bertz CT molecular complexity index is 535. The van der Waals surface area contributed by atoms with E-state index >= 15 is 0 Å². The van der Waals surface area contributed by atoms with Crippen molar-refractivity contribution in [3.63, 3.8) is 0 Å².